The van der Waals surface area contributed by atoms with Gasteiger partial charge in [0, 0.05) is 0 Å². The second kappa shape index (κ2) is 4.90. The van der Waals surface area contributed by atoms with Crippen molar-refractivity contribution < 1.29 is 5.06 Å². The molecule has 1 unspecified atom stereocenters. The number of thiophene rings is 2. The number of hydrogen-bond donors (Lipinski definition) is 1. The van der Waals surface area contributed by atoms with Crippen LogP contribution in [0.3, 0.4) is 0 Å². The predicted octanol–water partition coefficient (Wildman–Crippen LogP) is 2.20. The molecule has 15 heavy (non-hydrogen) atoms. The van der Waals surface area contributed by atoms with Gasteiger partial charge in [0.2, 0.25) is 0 Å². The number of hydroxylamine groups is 2. The summed E-state index contributed by atoms with van der Waals surface area (Å²) in [5.74, 6) is 0. The Labute approximate surface area is 97.4 Å². The molecule has 1 atom stereocenters. The van der Waals surface area contributed by atoms with Crippen LogP contribution in [0.2, 0.25) is 0 Å². The summed E-state index contributed by atoms with van der Waals surface area (Å²) in [5, 5.41) is 16.1. The average molecular weight is 239 g/mol. The van der Waals surface area contributed by atoms with Crippen LogP contribution in [-0.4, -0.2) is 0 Å². The fraction of sp³-hybridized carbons (Fsp3) is 0.273. The molecule has 0 saturated carbocycles. The predicted molar refractivity (Wildman–Crippen MR) is 65.1 cm³/mol. The fourth-order valence-corrected chi connectivity index (χ4v) is 3.10. The second-order valence-electron chi connectivity index (χ2n) is 3.50. The van der Waals surface area contributed by atoms with Crippen molar-refractivity contribution in [2.45, 2.75) is 20.0 Å². The zero-order valence-electron chi connectivity index (χ0n) is 8.53. The lowest BCUT2D eigenvalue weighted by Gasteiger charge is -2.21. The molecule has 1 N–H and O–H groups in total. The summed E-state index contributed by atoms with van der Waals surface area (Å²) >= 11 is 3.32. The van der Waals surface area contributed by atoms with Gasteiger partial charge in [0.05, 0.1) is 9.75 Å². The first-order valence-corrected chi connectivity index (χ1v) is 6.58. The van der Waals surface area contributed by atoms with Gasteiger partial charge in [-0.1, -0.05) is 6.07 Å². The van der Waals surface area contributed by atoms with Crippen LogP contribution in [0.5, 0.6) is 0 Å². The van der Waals surface area contributed by atoms with E-state index in [1.54, 1.807) is 22.7 Å². The summed E-state index contributed by atoms with van der Waals surface area (Å²) < 4.78 is 0. The molecule has 0 radical (unpaired) electrons. The minimum atomic E-state index is 0.308. The standard InChI is InChI=1S/C11H13NOS2/c1-9-4-6-15-11(9)8-12(13)7-10-3-2-5-14-10/h2-6,12H,7-8H2,1H3. The highest BCUT2D eigenvalue weighted by atomic mass is 32.1. The fourth-order valence-electron chi connectivity index (χ4n) is 1.43. The lowest BCUT2D eigenvalue weighted by atomic mass is 10.3. The van der Waals surface area contributed by atoms with Gasteiger partial charge in [0.15, 0.2) is 0 Å². The van der Waals surface area contributed by atoms with Crippen LogP contribution in [0.15, 0.2) is 29.0 Å². The van der Waals surface area contributed by atoms with E-state index in [1.165, 1.54) is 10.4 Å². The summed E-state index contributed by atoms with van der Waals surface area (Å²) in [6, 6.07) is 6.08. The lowest BCUT2D eigenvalue weighted by molar-refractivity contribution is -0.876. The first-order valence-electron chi connectivity index (χ1n) is 4.83. The number of aryl methyl sites for hydroxylation is 1. The minimum absolute atomic E-state index is 0.308. The van der Waals surface area contributed by atoms with E-state index in [0.717, 1.165) is 4.88 Å². The zero-order valence-corrected chi connectivity index (χ0v) is 10.2. The Morgan fingerprint density at radius 2 is 2.07 bits per heavy atom. The first-order chi connectivity index (χ1) is 7.25. The molecule has 0 fully saturated rings. The molecule has 0 aromatic carbocycles. The van der Waals surface area contributed by atoms with E-state index in [0.29, 0.717) is 18.2 Å². The maximum atomic E-state index is 11.7. The van der Waals surface area contributed by atoms with Gasteiger partial charge in [-0.3, -0.25) is 0 Å². The molecule has 0 saturated heterocycles. The third-order valence-corrected chi connectivity index (χ3v) is 4.18. The van der Waals surface area contributed by atoms with Gasteiger partial charge in [0.1, 0.15) is 13.1 Å². The monoisotopic (exact) mass is 239 g/mol. The number of quaternary nitrogens is 1. The average Bonchev–Trinajstić information content (AvgIpc) is 2.79. The highest BCUT2D eigenvalue weighted by Crippen LogP contribution is 2.14. The molecule has 2 rings (SSSR count). The Balaban J connectivity index is 1.93. The SMILES string of the molecule is Cc1ccsc1C[NH+]([O-])Cc1cccs1. The van der Waals surface area contributed by atoms with E-state index in [9.17, 15) is 5.21 Å². The Kier molecular flexibility index (Phi) is 3.53. The van der Waals surface area contributed by atoms with Crippen molar-refractivity contribution in [3.05, 3.63) is 49.5 Å². The van der Waals surface area contributed by atoms with Crippen molar-refractivity contribution in [2.75, 3.05) is 0 Å². The van der Waals surface area contributed by atoms with E-state index in [1.807, 2.05) is 22.9 Å². The van der Waals surface area contributed by atoms with Gasteiger partial charge in [-0.15, -0.1) is 22.7 Å². The van der Waals surface area contributed by atoms with E-state index in [2.05, 4.69) is 13.0 Å². The van der Waals surface area contributed by atoms with E-state index < -0.39 is 0 Å². The van der Waals surface area contributed by atoms with Crippen LogP contribution in [0.4, 0.5) is 0 Å². The van der Waals surface area contributed by atoms with Gasteiger partial charge in [-0.05, 0) is 35.4 Å². The number of nitrogens with one attached hydrogen (secondary N) is 1. The van der Waals surface area contributed by atoms with Crippen LogP contribution in [-0.2, 0) is 13.1 Å². The smallest absolute Gasteiger partial charge is 0.112 e. The molecule has 2 nitrogen and oxygen atoms in total. The summed E-state index contributed by atoms with van der Waals surface area (Å²) in [6.07, 6.45) is 0. The van der Waals surface area contributed by atoms with Gasteiger partial charge in [0.25, 0.3) is 0 Å². The Morgan fingerprint density at radius 3 is 2.67 bits per heavy atom. The van der Waals surface area contributed by atoms with Gasteiger partial charge in [-0.25, -0.2) is 0 Å². The highest BCUT2D eigenvalue weighted by Gasteiger charge is 2.06. The third-order valence-electron chi connectivity index (χ3n) is 2.28. The maximum absolute atomic E-state index is 11.7. The Hall–Kier alpha value is -0.680. The highest BCUT2D eigenvalue weighted by molar-refractivity contribution is 7.10. The summed E-state index contributed by atoms with van der Waals surface area (Å²) in [5.41, 5.74) is 1.24. The van der Waals surface area contributed by atoms with Crippen molar-refractivity contribution in [1.82, 2.24) is 0 Å². The Bertz CT molecular complexity index is 408. The lowest BCUT2D eigenvalue weighted by Crippen LogP contribution is -3.04. The Morgan fingerprint density at radius 1 is 1.20 bits per heavy atom. The topological polar surface area (TPSA) is 27.5 Å². The molecule has 80 valence electrons. The van der Waals surface area contributed by atoms with Gasteiger partial charge < -0.3 is 10.3 Å². The number of rotatable bonds is 4. The van der Waals surface area contributed by atoms with Crippen LogP contribution in [0.25, 0.3) is 0 Å². The summed E-state index contributed by atoms with van der Waals surface area (Å²) in [6.45, 7) is 3.22. The molecule has 0 amide bonds. The zero-order chi connectivity index (χ0) is 10.7. The summed E-state index contributed by atoms with van der Waals surface area (Å²) in [4.78, 5) is 2.37. The van der Waals surface area contributed by atoms with Crippen molar-refractivity contribution in [1.29, 1.82) is 0 Å². The van der Waals surface area contributed by atoms with Crippen LogP contribution in [0, 0.1) is 12.1 Å². The van der Waals surface area contributed by atoms with Crippen molar-refractivity contribution >= 4 is 22.7 Å². The molecular formula is C11H13NOS2. The molecule has 0 aliphatic heterocycles. The summed E-state index contributed by atoms with van der Waals surface area (Å²) in [7, 11) is 0. The first kappa shape index (κ1) is 10.8. The molecule has 0 spiro atoms. The molecule has 2 aromatic heterocycles. The van der Waals surface area contributed by atoms with E-state index in [4.69, 9.17) is 0 Å². The van der Waals surface area contributed by atoms with Crippen molar-refractivity contribution in [3.8, 4) is 0 Å². The maximum Gasteiger partial charge on any atom is 0.112 e. The van der Waals surface area contributed by atoms with Gasteiger partial charge in [-0.2, -0.15) is 0 Å². The second-order valence-corrected chi connectivity index (χ2v) is 5.53. The van der Waals surface area contributed by atoms with Crippen molar-refractivity contribution in [2.24, 2.45) is 0 Å². The molecule has 0 aliphatic carbocycles. The van der Waals surface area contributed by atoms with Crippen molar-refractivity contribution in [3.63, 3.8) is 0 Å². The third kappa shape index (κ3) is 2.89. The largest absolute Gasteiger partial charge is 0.634 e. The van der Waals surface area contributed by atoms with E-state index >= 15 is 0 Å². The van der Waals surface area contributed by atoms with Crippen LogP contribution < -0.4 is 5.06 Å². The van der Waals surface area contributed by atoms with Crippen LogP contribution in [0.1, 0.15) is 15.3 Å². The molecule has 0 bridgehead atoms. The molecule has 2 heterocycles. The molecule has 2 aromatic rings. The number of hydrogen-bond acceptors (Lipinski definition) is 3. The molecular weight excluding hydrogens is 226 g/mol. The van der Waals surface area contributed by atoms with Gasteiger partial charge >= 0.3 is 0 Å². The van der Waals surface area contributed by atoms with Crippen LogP contribution >= 0.6 is 22.7 Å². The minimum Gasteiger partial charge on any atom is -0.634 e. The van der Waals surface area contributed by atoms with E-state index in [-0.39, 0.29) is 0 Å². The normalized spacial score (nSPS) is 12.9. The molecule has 0 aliphatic rings. The quantitative estimate of drug-likeness (QED) is 0.814. The molecule has 4 heteroatoms.